The van der Waals surface area contributed by atoms with Crippen LogP contribution in [0.4, 0.5) is 0 Å². The summed E-state index contributed by atoms with van der Waals surface area (Å²) in [4.78, 5) is 4.59. The molecule has 0 saturated heterocycles. The maximum absolute atomic E-state index is 6.40. The smallest absolute Gasteiger partial charge is 0.634 e. The summed E-state index contributed by atoms with van der Waals surface area (Å²) in [6.45, 7) is 14.8. The molecule has 0 N–H and O–H groups in total. The van der Waals surface area contributed by atoms with Crippen LogP contribution in [0.2, 0.25) is 4.28 Å². The fraction of sp³-hybridized carbons (Fsp3) is 0.786. The molecule has 0 amide bonds. The van der Waals surface area contributed by atoms with Crippen molar-refractivity contribution in [3.63, 3.8) is 0 Å². The van der Waals surface area contributed by atoms with Gasteiger partial charge in [0.05, 0.1) is 5.76 Å². The molecule has 0 aromatic rings. The Kier molecular flexibility index (Phi) is 8.27. The normalized spacial score (nSPS) is 14.1. The molecule has 0 rings (SSSR count). The molecule has 0 atom stereocenters. The lowest BCUT2D eigenvalue weighted by molar-refractivity contribution is 0.404. The first-order valence-electron chi connectivity index (χ1n) is 6.78. The van der Waals surface area contributed by atoms with E-state index in [2.05, 4.69) is 59.5 Å². The van der Waals surface area contributed by atoms with Gasteiger partial charge in [0.25, 0.3) is 0 Å². The summed E-state index contributed by atoms with van der Waals surface area (Å²) in [7, 11) is 6.40. The molecule has 0 aliphatic carbocycles. The van der Waals surface area contributed by atoms with Crippen molar-refractivity contribution in [1.82, 2.24) is 0 Å². The van der Waals surface area contributed by atoms with Crippen LogP contribution >= 0.6 is 10.0 Å². The summed E-state index contributed by atoms with van der Waals surface area (Å²) < 4.78 is 6.03. The van der Waals surface area contributed by atoms with Gasteiger partial charge in [-0.2, -0.15) is 0 Å². The lowest BCUT2D eigenvalue weighted by Crippen LogP contribution is -2.23. The van der Waals surface area contributed by atoms with Gasteiger partial charge in [0.2, 0.25) is 0 Å². The highest BCUT2D eigenvalue weighted by atomic mass is 35.6. The molecule has 0 heterocycles. The zero-order valence-electron chi connectivity index (χ0n) is 12.9. The highest BCUT2D eigenvalue weighted by Gasteiger charge is 2.37. The van der Waals surface area contributed by atoms with Crippen LogP contribution in [-0.4, -0.2) is 25.3 Å². The Morgan fingerprint density at radius 1 is 1.28 bits per heavy atom. The first-order chi connectivity index (χ1) is 8.20. The van der Waals surface area contributed by atoms with E-state index in [4.69, 9.17) is 13.8 Å². The van der Waals surface area contributed by atoms with Gasteiger partial charge in [0, 0.05) is 11.8 Å². The molecular formula is C14H27AlClNO. The van der Waals surface area contributed by atoms with Gasteiger partial charge in [0.15, 0.2) is 0 Å². The first kappa shape index (κ1) is 18.0. The Balaban J connectivity index is 4.86. The van der Waals surface area contributed by atoms with Crippen molar-refractivity contribution in [3.05, 3.63) is 11.8 Å². The van der Waals surface area contributed by atoms with Crippen LogP contribution in [0.25, 0.3) is 0 Å². The number of hydrogen-bond acceptors (Lipinski definition) is 2. The molecule has 2 nitrogen and oxygen atoms in total. The minimum atomic E-state index is -1.72. The number of halogens is 1. The molecule has 0 aromatic heterocycles. The van der Waals surface area contributed by atoms with E-state index in [0.29, 0.717) is 6.04 Å². The molecule has 104 valence electrons. The molecule has 0 bridgehead atoms. The molecule has 4 heteroatoms. The third kappa shape index (κ3) is 7.46. The van der Waals surface area contributed by atoms with Crippen LogP contribution in [0, 0.1) is 0 Å². The number of rotatable bonds is 6. The Hall–Kier alpha value is 0.0325. The Morgan fingerprint density at radius 3 is 2.17 bits per heavy atom. The Bertz CT molecular complexity index is 305. The summed E-state index contributed by atoms with van der Waals surface area (Å²) >= 11 is -1.72. The van der Waals surface area contributed by atoms with Gasteiger partial charge in [-0.15, -0.1) is 0 Å². The van der Waals surface area contributed by atoms with Gasteiger partial charge >= 0.3 is 13.6 Å². The summed E-state index contributed by atoms with van der Waals surface area (Å²) in [5.41, 5.74) is 1.09. The van der Waals surface area contributed by atoms with Crippen molar-refractivity contribution < 1.29 is 3.79 Å². The first-order valence-corrected chi connectivity index (χ1v) is 9.58. The zero-order valence-corrected chi connectivity index (χ0v) is 14.8. The summed E-state index contributed by atoms with van der Waals surface area (Å²) in [6, 6.07) is 0.320. The molecule has 0 radical (unpaired) electrons. The predicted molar refractivity (Wildman–Crippen MR) is 83.6 cm³/mol. The van der Waals surface area contributed by atoms with Crippen molar-refractivity contribution >= 4 is 29.3 Å². The van der Waals surface area contributed by atoms with E-state index in [0.717, 1.165) is 24.3 Å². The molecule has 18 heavy (non-hydrogen) atoms. The average Bonchev–Trinajstić information content (AvgIpc) is 2.24. The quantitative estimate of drug-likeness (QED) is 0.379. The molecule has 0 saturated carbocycles. The van der Waals surface area contributed by atoms with E-state index < -0.39 is 13.6 Å². The number of nitrogens with zero attached hydrogens (tertiary/aromatic N) is 1. The third-order valence-electron chi connectivity index (χ3n) is 2.40. The van der Waals surface area contributed by atoms with E-state index >= 15 is 0 Å². The molecule has 0 aromatic carbocycles. The lowest BCUT2D eigenvalue weighted by atomic mass is 10.2. The van der Waals surface area contributed by atoms with Crippen molar-refractivity contribution in [2.75, 3.05) is 0 Å². The summed E-state index contributed by atoms with van der Waals surface area (Å²) in [6.07, 6.45) is 3.85. The molecule has 0 unspecified atom stereocenters. The second-order valence-corrected chi connectivity index (χ2v) is 9.62. The monoisotopic (exact) mass is 287 g/mol. The van der Waals surface area contributed by atoms with Crippen molar-refractivity contribution in [2.24, 2.45) is 4.99 Å². The van der Waals surface area contributed by atoms with E-state index in [9.17, 15) is 0 Å². The summed E-state index contributed by atoms with van der Waals surface area (Å²) in [5.74, 6) is 0.970. The van der Waals surface area contributed by atoms with Gasteiger partial charge in [-0.25, -0.2) is 10.0 Å². The van der Waals surface area contributed by atoms with Gasteiger partial charge < -0.3 is 3.79 Å². The fourth-order valence-corrected chi connectivity index (χ4v) is 2.47. The van der Waals surface area contributed by atoms with Crippen molar-refractivity contribution in [3.8, 4) is 0 Å². The van der Waals surface area contributed by atoms with Crippen LogP contribution in [-0.2, 0) is 3.79 Å². The number of aliphatic imine (C=N–C) groups is 1. The van der Waals surface area contributed by atoms with Crippen LogP contribution in [0.15, 0.2) is 16.8 Å². The molecule has 0 spiro atoms. The van der Waals surface area contributed by atoms with E-state index in [1.165, 1.54) is 0 Å². The van der Waals surface area contributed by atoms with Crippen LogP contribution in [0.1, 0.15) is 61.3 Å². The molecule has 0 fully saturated rings. The Labute approximate surface area is 121 Å². The predicted octanol–water partition coefficient (Wildman–Crippen LogP) is 5.08. The van der Waals surface area contributed by atoms with Gasteiger partial charge in [-0.3, -0.25) is 4.99 Å². The summed E-state index contributed by atoms with van der Waals surface area (Å²) in [5, 5.41) is 0. The minimum Gasteiger partial charge on any atom is -0.634 e. The minimum absolute atomic E-state index is 0.0668. The number of hydrogen-bond donors (Lipinski definition) is 0. The Morgan fingerprint density at radius 2 is 1.83 bits per heavy atom. The van der Waals surface area contributed by atoms with Crippen molar-refractivity contribution in [1.29, 1.82) is 0 Å². The van der Waals surface area contributed by atoms with Gasteiger partial charge in [-0.1, -0.05) is 34.6 Å². The molecule has 0 aliphatic rings. The van der Waals surface area contributed by atoms with Gasteiger partial charge in [0.1, 0.15) is 0 Å². The third-order valence-corrected chi connectivity index (χ3v) is 6.50. The van der Waals surface area contributed by atoms with E-state index in [1.807, 2.05) is 0 Å². The van der Waals surface area contributed by atoms with E-state index in [-0.39, 0.29) is 4.28 Å². The van der Waals surface area contributed by atoms with Crippen LogP contribution in [0.5, 0.6) is 0 Å². The molecular weight excluding hydrogens is 261 g/mol. The van der Waals surface area contributed by atoms with Crippen LogP contribution < -0.4 is 0 Å². The molecule has 0 aliphatic heterocycles. The SMILES string of the molecule is CCC(/C=C(/CC)[O][Al]([Cl])[C](C)(C)C)=NC(C)C. The number of allylic oxidation sites excluding steroid dienone is 2. The second kappa shape index (κ2) is 8.25. The zero-order chi connectivity index (χ0) is 14.3. The maximum Gasteiger partial charge on any atom is 0.685 e. The van der Waals surface area contributed by atoms with Gasteiger partial charge in [-0.05, 0) is 37.0 Å². The average molecular weight is 288 g/mol. The van der Waals surface area contributed by atoms with Crippen molar-refractivity contribution in [2.45, 2.75) is 71.6 Å². The second-order valence-electron chi connectivity index (χ2n) is 5.83. The largest absolute Gasteiger partial charge is 0.685 e. The fourth-order valence-electron chi connectivity index (χ4n) is 1.28. The van der Waals surface area contributed by atoms with E-state index in [1.54, 1.807) is 0 Å². The maximum atomic E-state index is 6.40. The topological polar surface area (TPSA) is 21.6 Å². The van der Waals surface area contributed by atoms with Crippen LogP contribution in [0.3, 0.4) is 0 Å². The standard InChI is InChI=1S/C10H19NO.C4H9.Al.ClH/c1-5-9(11-8(3)4)7-10(12)6-2;1-4(2)3;;/h7-8,12H,5-6H2,1-4H3;1-3H3;;1H/q;;+2;/p-2/b10-7-,11-9?;;;. The highest BCUT2D eigenvalue weighted by molar-refractivity contribution is 7.04. The lowest BCUT2D eigenvalue weighted by Gasteiger charge is -2.22. The highest BCUT2D eigenvalue weighted by Crippen LogP contribution is 2.31.